The molecule has 0 radical (unpaired) electrons. The first-order valence-corrected chi connectivity index (χ1v) is 8.30. The monoisotopic (exact) mass is 359 g/mol. The lowest BCUT2D eigenvalue weighted by molar-refractivity contribution is -0.385. The molecule has 2 N–H and O–H groups in total. The quantitative estimate of drug-likeness (QED) is 0.525. The van der Waals surface area contributed by atoms with Gasteiger partial charge in [-0.3, -0.25) is 24.4 Å². The number of hydrogen-bond acceptors (Lipinski definition) is 5. The van der Waals surface area contributed by atoms with Crippen molar-refractivity contribution in [1.82, 2.24) is 15.1 Å². The van der Waals surface area contributed by atoms with Crippen molar-refractivity contribution in [3.8, 4) is 0 Å². The minimum Gasteiger partial charge on any atom is -0.352 e. The lowest BCUT2D eigenvalue weighted by Crippen LogP contribution is -2.24. The van der Waals surface area contributed by atoms with Gasteiger partial charge in [0.2, 0.25) is 11.8 Å². The summed E-state index contributed by atoms with van der Waals surface area (Å²) < 4.78 is 1.36. The van der Waals surface area contributed by atoms with Gasteiger partial charge in [0.15, 0.2) is 0 Å². The van der Waals surface area contributed by atoms with Gasteiger partial charge >= 0.3 is 5.69 Å². The summed E-state index contributed by atoms with van der Waals surface area (Å²) in [6.45, 7) is 2.52. The first-order chi connectivity index (χ1) is 12.5. The second-order valence-electron chi connectivity index (χ2n) is 5.74. The number of hydrogen-bond donors (Lipinski definition) is 2. The molecule has 0 aliphatic rings. The number of nitrogens with one attached hydrogen (secondary N) is 2. The van der Waals surface area contributed by atoms with Crippen molar-refractivity contribution in [2.75, 3.05) is 5.32 Å². The molecule has 2 aromatic rings. The topological polar surface area (TPSA) is 119 Å². The summed E-state index contributed by atoms with van der Waals surface area (Å²) in [6, 6.07) is 7.27. The molecule has 0 aliphatic carbocycles. The van der Waals surface area contributed by atoms with Crippen LogP contribution in [-0.2, 0) is 22.7 Å². The Balaban J connectivity index is 1.79. The predicted octanol–water partition coefficient (Wildman–Crippen LogP) is 2.24. The van der Waals surface area contributed by atoms with E-state index >= 15 is 0 Å². The highest BCUT2D eigenvalue weighted by molar-refractivity contribution is 5.90. The zero-order valence-electron chi connectivity index (χ0n) is 14.5. The molecule has 26 heavy (non-hydrogen) atoms. The van der Waals surface area contributed by atoms with Crippen LogP contribution in [0.25, 0.3) is 0 Å². The van der Waals surface area contributed by atoms with Gasteiger partial charge in [0.1, 0.15) is 12.4 Å². The number of amides is 2. The molecule has 0 aliphatic heterocycles. The van der Waals surface area contributed by atoms with Crippen LogP contribution in [-0.4, -0.2) is 26.5 Å². The van der Waals surface area contributed by atoms with E-state index < -0.39 is 4.92 Å². The summed E-state index contributed by atoms with van der Waals surface area (Å²) >= 11 is 0. The highest BCUT2D eigenvalue weighted by Crippen LogP contribution is 2.11. The second-order valence-corrected chi connectivity index (χ2v) is 5.74. The molecule has 0 saturated heterocycles. The third kappa shape index (κ3) is 6.00. The van der Waals surface area contributed by atoms with E-state index in [1.807, 2.05) is 25.1 Å². The zero-order chi connectivity index (χ0) is 18.9. The lowest BCUT2D eigenvalue weighted by Gasteiger charge is -2.08. The molecule has 0 atom stereocenters. The van der Waals surface area contributed by atoms with E-state index in [2.05, 4.69) is 15.7 Å². The van der Waals surface area contributed by atoms with Crippen molar-refractivity contribution in [3.05, 3.63) is 52.3 Å². The maximum absolute atomic E-state index is 11.9. The Morgan fingerprint density at radius 1 is 1.27 bits per heavy atom. The normalized spacial score (nSPS) is 10.3. The molecular formula is C17H21N5O4. The molecular weight excluding hydrogens is 338 g/mol. The summed E-state index contributed by atoms with van der Waals surface area (Å²) in [6.07, 6.45) is 3.84. The summed E-state index contributed by atoms with van der Waals surface area (Å²) in [4.78, 5) is 33.6. The summed E-state index contributed by atoms with van der Waals surface area (Å²) in [5.74, 6) is -0.231. The fraction of sp³-hybridized carbons (Fsp3) is 0.353. The summed E-state index contributed by atoms with van der Waals surface area (Å²) in [5, 5.41) is 20.0. The van der Waals surface area contributed by atoms with Gasteiger partial charge in [0.05, 0.1) is 4.92 Å². The predicted molar refractivity (Wildman–Crippen MR) is 95.3 cm³/mol. The Kier molecular flexibility index (Phi) is 6.84. The number of nitro groups is 1. The molecule has 1 aromatic carbocycles. The van der Waals surface area contributed by atoms with E-state index in [0.29, 0.717) is 18.7 Å². The standard InChI is InChI=1S/C17H21N5O4/c1-2-4-17(24)20-14-6-3-5-13(9-14)10-18-16(23)7-8-21-12-15(11-19-21)22(25)26/h3,5-6,9,11-12H,2,4,7-8,10H2,1H3,(H,18,23)(H,20,24). The van der Waals surface area contributed by atoms with Crippen LogP contribution in [0.5, 0.6) is 0 Å². The molecule has 138 valence electrons. The smallest absolute Gasteiger partial charge is 0.306 e. The first kappa shape index (κ1) is 19.1. The molecule has 2 amide bonds. The van der Waals surface area contributed by atoms with Gasteiger partial charge < -0.3 is 10.6 Å². The zero-order valence-corrected chi connectivity index (χ0v) is 14.5. The minimum absolute atomic E-state index is 0.0398. The van der Waals surface area contributed by atoms with Crippen LogP contribution in [0.4, 0.5) is 11.4 Å². The van der Waals surface area contributed by atoms with E-state index in [1.165, 1.54) is 10.9 Å². The second kappa shape index (κ2) is 9.30. The van der Waals surface area contributed by atoms with Crippen LogP contribution < -0.4 is 10.6 Å². The van der Waals surface area contributed by atoms with Gasteiger partial charge in [0, 0.05) is 31.6 Å². The number of benzene rings is 1. The van der Waals surface area contributed by atoms with Crippen molar-refractivity contribution < 1.29 is 14.5 Å². The number of aryl methyl sites for hydroxylation is 1. The van der Waals surface area contributed by atoms with Crippen molar-refractivity contribution in [2.24, 2.45) is 0 Å². The molecule has 9 nitrogen and oxygen atoms in total. The van der Waals surface area contributed by atoms with Crippen LogP contribution in [0.15, 0.2) is 36.7 Å². The van der Waals surface area contributed by atoms with E-state index in [0.717, 1.165) is 18.2 Å². The average Bonchev–Trinajstić information content (AvgIpc) is 3.08. The third-order valence-corrected chi connectivity index (χ3v) is 3.58. The number of carbonyl (C=O) groups excluding carboxylic acids is 2. The van der Waals surface area contributed by atoms with Gasteiger partial charge in [0.25, 0.3) is 0 Å². The van der Waals surface area contributed by atoms with Crippen LogP contribution in [0, 0.1) is 10.1 Å². The summed E-state index contributed by atoms with van der Waals surface area (Å²) in [5.41, 5.74) is 1.45. The lowest BCUT2D eigenvalue weighted by atomic mass is 10.2. The Morgan fingerprint density at radius 3 is 2.77 bits per heavy atom. The molecule has 9 heteroatoms. The van der Waals surface area contributed by atoms with Crippen LogP contribution >= 0.6 is 0 Å². The Hall–Kier alpha value is -3.23. The van der Waals surface area contributed by atoms with Gasteiger partial charge in [-0.25, -0.2) is 0 Å². The van der Waals surface area contributed by atoms with E-state index in [-0.39, 0.29) is 30.5 Å². The van der Waals surface area contributed by atoms with Crippen molar-refractivity contribution in [3.63, 3.8) is 0 Å². The number of aromatic nitrogens is 2. The SMILES string of the molecule is CCCC(=O)Nc1cccc(CNC(=O)CCn2cc([N+](=O)[O-])cn2)c1. The Bertz CT molecular complexity index is 787. The molecule has 0 saturated carbocycles. The first-order valence-electron chi connectivity index (χ1n) is 8.30. The molecule has 0 unspecified atom stereocenters. The molecule has 0 bridgehead atoms. The number of rotatable bonds is 9. The summed E-state index contributed by atoms with van der Waals surface area (Å²) in [7, 11) is 0. The van der Waals surface area contributed by atoms with E-state index in [9.17, 15) is 19.7 Å². The van der Waals surface area contributed by atoms with Gasteiger partial charge in [-0.15, -0.1) is 0 Å². The van der Waals surface area contributed by atoms with Gasteiger partial charge in [-0.05, 0) is 24.1 Å². The average molecular weight is 359 g/mol. The fourth-order valence-electron chi connectivity index (χ4n) is 2.28. The maximum atomic E-state index is 11.9. The molecule has 0 fully saturated rings. The number of carbonyl (C=O) groups is 2. The Morgan fingerprint density at radius 2 is 2.08 bits per heavy atom. The number of nitrogens with zero attached hydrogens (tertiary/aromatic N) is 3. The highest BCUT2D eigenvalue weighted by atomic mass is 16.6. The molecule has 1 heterocycles. The van der Waals surface area contributed by atoms with Crippen molar-refractivity contribution in [2.45, 2.75) is 39.3 Å². The minimum atomic E-state index is -0.532. The van der Waals surface area contributed by atoms with E-state index in [1.54, 1.807) is 6.07 Å². The van der Waals surface area contributed by atoms with Crippen molar-refractivity contribution >= 4 is 23.2 Å². The van der Waals surface area contributed by atoms with Crippen LogP contribution in [0.1, 0.15) is 31.7 Å². The van der Waals surface area contributed by atoms with Crippen LogP contribution in [0.2, 0.25) is 0 Å². The largest absolute Gasteiger partial charge is 0.352 e. The molecule has 1 aromatic heterocycles. The van der Waals surface area contributed by atoms with Gasteiger partial charge in [-0.1, -0.05) is 19.1 Å². The van der Waals surface area contributed by atoms with Crippen LogP contribution in [0.3, 0.4) is 0 Å². The van der Waals surface area contributed by atoms with Gasteiger partial charge in [-0.2, -0.15) is 5.10 Å². The Labute approximate surface area is 150 Å². The number of anilines is 1. The molecule has 0 spiro atoms. The fourth-order valence-corrected chi connectivity index (χ4v) is 2.28. The highest BCUT2D eigenvalue weighted by Gasteiger charge is 2.10. The maximum Gasteiger partial charge on any atom is 0.306 e. The third-order valence-electron chi connectivity index (χ3n) is 3.58. The van der Waals surface area contributed by atoms with E-state index in [4.69, 9.17) is 0 Å². The van der Waals surface area contributed by atoms with Crippen molar-refractivity contribution in [1.29, 1.82) is 0 Å². The molecule has 2 rings (SSSR count).